The minimum atomic E-state index is -0.539. The first-order valence-corrected chi connectivity index (χ1v) is 12.2. The third kappa shape index (κ3) is 4.56. The lowest BCUT2D eigenvalue weighted by atomic mass is 9.95. The quantitative estimate of drug-likeness (QED) is 0.223. The summed E-state index contributed by atoms with van der Waals surface area (Å²) in [5, 5.41) is 21.1. The van der Waals surface area contributed by atoms with Crippen LogP contribution in [0.1, 0.15) is 20.8 Å². The maximum Gasteiger partial charge on any atom is 0.229 e. The van der Waals surface area contributed by atoms with Crippen LogP contribution in [0, 0.1) is 11.2 Å². The van der Waals surface area contributed by atoms with Gasteiger partial charge in [0.05, 0.1) is 40.5 Å². The van der Waals surface area contributed by atoms with Crippen LogP contribution in [-0.2, 0) is 4.79 Å². The number of benzene rings is 1. The first kappa shape index (κ1) is 24.2. The van der Waals surface area contributed by atoms with Crippen molar-refractivity contribution >= 4 is 33.5 Å². The van der Waals surface area contributed by atoms with Crippen molar-refractivity contribution in [3.05, 3.63) is 73.1 Å². The highest BCUT2D eigenvalue weighted by Crippen LogP contribution is 2.35. The molecule has 39 heavy (non-hydrogen) atoms. The van der Waals surface area contributed by atoms with Crippen molar-refractivity contribution in [3.63, 3.8) is 0 Å². The molecule has 0 atom stereocenters. The molecule has 0 aliphatic heterocycles. The summed E-state index contributed by atoms with van der Waals surface area (Å²) in [6.45, 7) is 5.54. The van der Waals surface area contributed by atoms with Crippen LogP contribution in [0.15, 0.2) is 67.3 Å². The molecule has 0 fully saturated rings. The van der Waals surface area contributed by atoms with E-state index in [1.807, 2.05) is 45.0 Å². The van der Waals surface area contributed by atoms with Crippen LogP contribution >= 0.6 is 0 Å². The molecule has 4 N–H and O–H groups in total. The molecule has 1 amide bonds. The third-order valence-corrected chi connectivity index (χ3v) is 6.38. The average molecular weight is 522 g/mol. The van der Waals surface area contributed by atoms with Crippen LogP contribution in [0.2, 0.25) is 0 Å². The zero-order valence-corrected chi connectivity index (χ0v) is 21.4. The van der Waals surface area contributed by atoms with Gasteiger partial charge in [-0.2, -0.15) is 5.10 Å². The SMILES string of the molecule is CC(C)(C)C(=O)Nc1cncc(-c2ccc3[nH]nc(-c4cc5c(-c6cc(O)cc(F)c6)cncc5[nH]4)c3n2)c1. The second-order valence-electron chi connectivity index (χ2n) is 10.4. The molecule has 0 spiro atoms. The maximum absolute atomic E-state index is 14.0. The highest BCUT2D eigenvalue weighted by Gasteiger charge is 2.21. The number of phenols is 1. The molecular formula is C29H24FN7O2. The van der Waals surface area contributed by atoms with E-state index in [0.717, 1.165) is 28.0 Å². The normalized spacial score (nSPS) is 11.8. The summed E-state index contributed by atoms with van der Waals surface area (Å²) in [4.78, 5) is 29.2. The van der Waals surface area contributed by atoms with Crippen LogP contribution in [0.5, 0.6) is 5.75 Å². The van der Waals surface area contributed by atoms with Gasteiger partial charge in [0.1, 0.15) is 22.8 Å². The first-order chi connectivity index (χ1) is 18.7. The van der Waals surface area contributed by atoms with E-state index in [-0.39, 0.29) is 11.7 Å². The van der Waals surface area contributed by atoms with Gasteiger partial charge in [-0.25, -0.2) is 9.37 Å². The largest absolute Gasteiger partial charge is 0.508 e. The summed E-state index contributed by atoms with van der Waals surface area (Å²) < 4.78 is 14.0. The summed E-state index contributed by atoms with van der Waals surface area (Å²) in [5.41, 5.74) is 6.03. The molecule has 0 unspecified atom stereocenters. The number of carbonyl (C=O) groups excluding carboxylic acids is 1. The van der Waals surface area contributed by atoms with Gasteiger partial charge in [-0.3, -0.25) is 19.9 Å². The number of H-pyrrole nitrogens is 2. The predicted molar refractivity (Wildman–Crippen MR) is 147 cm³/mol. The van der Waals surface area contributed by atoms with E-state index in [4.69, 9.17) is 4.98 Å². The molecule has 10 heteroatoms. The molecule has 0 saturated heterocycles. The number of anilines is 1. The van der Waals surface area contributed by atoms with Gasteiger partial charge in [-0.15, -0.1) is 0 Å². The van der Waals surface area contributed by atoms with E-state index in [1.165, 1.54) is 12.1 Å². The van der Waals surface area contributed by atoms with Crippen molar-refractivity contribution in [3.8, 4) is 39.5 Å². The Labute approximate surface area is 222 Å². The van der Waals surface area contributed by atoms with Crippen LogP contribution in [0.4, 0.5) is 10.1 Å². The Balaban J connectivity index is 1.41. The van der Waals surface area contributed by atoms with Crippen molar-refractivity contribution < 1.29 is 14.3 Å². The van der Waals surface area contributed by atoms with E-state index >= 15 is 0 Å². The number of nitrogens with zero attached hydrogens (tertiary/aromatic N) is 4. The summed E-state index contributed by atoms with van der Waals surface area (Å²) in [7, 11) is 0. The zero-order valence-electron chi connectivity index (χ0n) is 21.4. The van der Waals surface area contributed by atoms with E-state index in [1.54, 1.807) is 24.8 Å². The van der Waals surface area contributed by atoms with Crippen molar-refractivity contribution in [1.82, 2.24) is 30.1 Å². The average Bonchev–Trinajstić information content (AvgIpc) is 3.51. The molecule has 0 bridgehead atoms. The van der Waals surface area contributed by atoms with E-state index in [9.17, 15) is 14.3 Å². The minimum absolute atomic E-state index is 0.108. The number of nitrogens with one attached hydrogen (secondary N) is 3. The molecule has 5 aromatic heterocycles. The number of aromatic hydroxyl groups is 1. The Morgan fingerprint density at radius 2 is 1.77 bits per heavy atom. The molecule has 0 radical (unpaired) electrons. The highest BCUT2D eigenvalue weighted by atomic mass is 19.1. The van der Waals surface area contributed by atoms with E-state index < -0.39 is 11.2 Å². The van der Waals surface area contributed by atoms with E-state index in [2.05, 4.69) is 30.5 Å². The second kappa shape index (κ2) is 9.02. The zero-order chi connectivity index (χ0) is 27.3. The van der Waals surface area contributed by atoms with Gasteiger partial charge >= 0.3 is 0 Å². The molecule has 0 aliphatic carbocycles. The summed E-state index contributed by atoms with van der Waals surface area (Å²) in [6, 6.07) is 11.4. The van der Waals surface area contributed by atoms with Gasteiger partial charge in [0, 0.05) is 40.4 Å². The Morgan fingerprint density at radius 1 is 0.949 bits per heavy atom. The Bertz CT molecular complexity index is 1860. The van der Waals surface area contributed by atoms with Gasteiger partial charge in [0.2, 0.25) is 5.91 Å². The summed E-state index contributed by atoms with van der Waals surface area (Å²) in [6.07, 6.45) is 6.60. The molecule has 9 nitrogen and oxygen atoms in total. The molecule has 1 aromatic carbocycles. The number of halogens is 1. The van der Waals surface area contributed by atoms with Gasteiger partial charge in [0.25, 0.3) is 0 Å². The number of carbonyl (C=O) groups is 1. The first-order valence-electron chi connectivity index (χ1n) is 12.2. The monoisotopic (exact) mass is 521 g/mol. The smallest absolute Gasteiger partial charge is 0.229 e. The molecule has 0 aliphatic rings. The number of phenolic OH excluding ortho intramolecular Hbond substituents is 1. The fourth-order valence-electron chi connectivity index (χ4n) is 4.35. The van der Waals surface area contributed by atoms with Crippen LogP contribution in [0.3, 0.4) is 0 Å². The minimum Gasteiger partial charge on any atom is -0.508 e. The van der Waals surface area contributed by atoms with Gasteiger partial charge in [0.15, 0.2) is 0 Å². The van der Waals surface area contributed by atoms with Crippen molar-refractivity contribution in [1.29, 1.82) is 0 Å². The number of rotatable bonds is 4. The topological polar surface area (TPSA) is 132 Å². The van der Waals surface area contributed by atoms with Gasteiger partial charge in [-0.05, 0) is 42.0 Å². The van der Waals surface area contributed by atoms with Crippen molar-refractivity contribution in [2.24, 2.45) is 5.41 Å². The molecule has 6 rings (SSSR count). The van der Waals surface area contributed by atoms with Crippen molar-refractivity contribution in [2.75, 3.05) is 5.32 Å². The summed E-state index contributed by atoms with van der Waals surface area (Å²) >= 11 is 0. The van der Waals surface area contributed by atoms with Crippen molar-refractivity contribution in [2.45, 2.75) is 20.8 Å². The lowest BCUT2D eigenvalue weighted by Gasteiger charge is -2.17. The number of hydrogen-bond donors (Lipinski definition) is 4. The number of pyridine rings is 3. The van der Waals surface area contributed by atoms with E-state index in [0.29, 0.717) is 39.4 Å². The third-order valence-electron chi connectivity index (χ3n) is 6.38. The number of fused-ring (bicyclic) bond motifs is 2. The lowest BCUT2D eigenvalue weighted by Crippen LogP contribution is -2.27. The molecular weight excluding hydrogens is 497 g/mol. The van der Waals surface area contributed by atoms with Crippen LogP contribution < -0.4 is 5.32 Å². The number of aromatic amines is 2. The maximum atomic E-state index is 14.0. The number of hydrogen-bond acceptors (Lipinski definition) is 6. The van der Waals surface area contributed by atoms with Gasteiger partial charge < -0.3 is 15.4 Å². The molecule has 194 valence electrons. The fraction of sp³-hybridized carbons (Fsp3) is 0.138. The number of aromatic nitrogens is 6. The fourth-order valence-corrected chi connectivity index (χ4v) is 4.35. The molecule has 0 saturated carbocycles. The second-order valence-corrected chi connectivity index (χ2v) is 10.4. The molecule has 6 aromatic rings. The predicted octanol–water partition coefficient (Wildman–Crippen LogP) is 6.06. The van der Waals surface area contributed by atoms with Crippen LogP contribution in [-0.4, -0.2) is 41.1 Å². The molecule has 5 heterocycles. The highest BCUT2D eigenvalue weighted by molar-refractivity contribution is 6.00. The lowest BCUT2D eigenvalue weighted by molar-refractivity contribution is -0.123. The summed E-state index contributed by atoms with van der Waals surface area (Å²) in [5.74, 6) is -0.809. The Kier molecular flexibility index (Phi) is 5.60. The number of amides is 1. The van der Waals surface area contributed by atoms with Crippen LogP contribution in [0.25, 0.3) is 55.7 Å². The Morgan fingerprint density at radius 3 is 2.56 bits per heavy atom. The van der Waals surface area contributed by atoms with Gasteiger partial charge in [-0.1, -0.05) is 20.8 Å². The Hall–Kier alpha value is -5.12. The standard InChI is InChI=1S/C29H24FN7O2/c1-29(2,3)28(39)33-18-7-16(11-31-12-18)22-4-5-23-26(35-22)27(37-36-23)24-10-20-21(13-32-14-25(20)34-24)15-6-17(30)9-19(38)8-15/h4-14,34,38H,1-3H3,(H,33,39)(H,36,37).